The summed E-state index contributed by atoms with van der Waals surface area (Å²) >= 11 is 5.33. The van der Waals surface area contributed by atoms with Gasteiger partial charge >= 0.3 is 5.97 Å². The fraction of sp³-hybridized carbons (Fsp3) is 0.222. The van der Waals surface area contributed by atoms with Crippen molar-refractivity contribution in [1.82, 2.24) is 0 Å². The number of hydrogen-bond donors (Lipinski definition) is 2. The van der Waals surface area contributed by atoms with E-state index in [1.54, 1.807) is 0 Å². The van der Waals surface area contributed by atoms with Crippen LogP contribution in [0.2, 0.25) is 5.02 Å². The highest BCUT2D eigenvalue weighted by Gasteiger charge is 2.17. The first kappa shape index (κ1) is 11.7. The second-order valence-corrected chi connectivity index (χ2v) is 3.26. The van der Waals surface area contributed by atoms with Gasteiger partial charge in [0.1, 0.15) is 16.6 Å². The second kappa shape index (κ2) is 4.44. The molecule has 15 heavy (non-hydrogen) atoms. The van der Waals surface area contributed by atoms with Crippen molar-refractivity contribution in [3.63, 3.8) is 0 Å². The van der Waals surface area contributed by atoms with E-state index < -0.39 is 40.4 Å². The van der Waals surface area contributed by atoms with Gasteiger partial charge in [0.2, 0.25) is 0 Å². The van der Waals surface area contributed by atoms with Crippen LogP contribution in [-0.4, -0.2) is 16.2 Å². The maximum absolute atomic E-state index is 13.2. The first-order chi connectivity index (χ1) is 6.93. The predicted molar refractivity (Wildman–Crippen MR) is 49.0 cm³/mol. The SMILES string of the molecule is O=C(O)CCc1c(F)cc(O)c(Cl)c1F. The van der Waals surface area contributed by atoms with Crippen molar-refractivity contribution in [2.45, 2.75) is 12.8 Å². The molecule has 6 heteroatoms. The molecule has 0 heterocycles. The minimum atomic E-state index is -1.17. The van der Waals surface area contributed by atoms with E-state index in [4.69, 9.17) is 21.8 Å². The van der Waals surface area contributed by atoms with Crippen LogP contribution in [0.15, 0.2) is 6.07 Å². The van der Waals surface area contributed by atoms with Crippen molar-refractivity contribution in [2.75, 3.05) is 0 Å². The van der Waals surface area contributed by atoms with Crippen LogP contribution in [0.4, 0.5) is 8.78 Å². The molecule has 1 rings (SSSR count). The Kier molecular flexibility index (Phi) is 3.47. The number of carboxylic acid groups (broad SMARTS) is 1. The highest BCUT2D eigenvalue weighted by molar-refractivity contribution is 6.32. The lowest BCUT2D eigenvalue weighted by atomic mass is 10.1. The molecule has 0 radical (unpaired) electrons. The van der Waals surface area contributed by atoms with E-state index in [0.717, 1.165) is 0 Å². The maximum Gasteiger partial charge on any atom is 0.303 e. The molecule has 0 amide bonds. The largest absolute Gasteiger partial charge is 0.506 e. The molecule has 2 N–H and O–H groups in total. The highest BCUT2D eigenvalue weighted by Crippen LogP contribution is 2.31. The molecule has 0 fully saturated rings. The number of hydrogen-bond acceptors (Lipinski definition) is 2. The number of phenols is 1. The molecular formula is C9H7ClF2O3. The monoisotopic (exact) mass is 236 g/mol. The van der Waals surface area contributed by atoms with Crippen molar-refractivity contribution in [3.05, 3.63) is 28.3 Å². The van der Waals surface area contributed by atoms with E-state index in [0.29, 0.717) is 6.07 Å². The predicted octanol–water partition coefficient (Wildman–Crippen LogP) is 2.34. The molecule has 0 spiro atoms. The molecule has 0 bridgehead atoms. The lowest BCUT2D eigenvalue weighted by molar-refractivity contribution is -0.136. The van der Waals surface area contributed by atoms with Crippen molar-refractivity contribution >= 4 is 17.6 Å². The topological polar surface area (TPSA) is 57.5 Å². The molecule has 82 valence electrons. The van der Waals surface area contributed by atoms with Gasteiger partial charge in [0.25, 0.3) is 0 Å². The summed E-state index contributed by atoms with van der Waals surface area (Å²) in [5.74, 6) is -3.99. The molecule has 0 saturated heterocycles. The summed E-state index contributed by atoms with van der Waals surface area (Å²) in [5, 5.41) is 16.7. The lowest BCUT2D eigenvalue weighted by Gasteiger charge is -2.06. The fourth-order valence-corrected chi connectivity index (χ4v) is 1.25. The third-order valence-electron chi connectivity index (χ3n) is 1.82. The van der Waals surface area contributed by atoms with Crippen LogP contribution in [0.25, 0.3) is 0 Å². The molecular weight excluding hydrogens is 230 g/mol. The first-order valence-corrected chi connectivity index (χ1v) is 4.38. The van der Waals surface area contributed by atoms with Gasteiger partial charge in [-0.15, -0.1) is 0 Å². The summed E-state index contributed by atoms with van der Waals surface area (Å²) in [6.07, 6.45) is -0.720. The molecule has 0 aromatic heterocycles. The molecule has 0 atom stereocenters. The Balaban J connectivity index is 3.07. The first-order valence-electron chi connectivity index (χ1n) is 4.00. The Morgan fingerprint density at radius 3 is 2.60 bits per heavy atom. The number of aromatic hydroxyl groups is 1. The minimum Gasteiger partial charge on any atom is -0.506 e. The summed E-state index contributed by atoms with van der Waals surface area (Å²) in [6, 6.07) is 0.655. The van der Waals surface area contributed by atoms with E-state index in [9.17, 15) is 13.6 Å². The molecule has 0 aliphatic carbocycles. The minimum absolute atomic E-state index is 0.312. The number of carboxylic acids is 1. The normalized spacial score (nSPS) is 10.3. The van der Waals surface area contributed by atoms with Gasteiger partial charge in [0.05, 0.1) is 0 Å². The van der Waals surface area contributed by atoms with Crippen LogP contribution in [0.5, 0.6) is 5.75 Å². The van der Waals surface area contributed by atoms with E-state index in [-0.39, 0.29) is 6.42 Å². The second-order valence-electron chi connectivity index (χ2n) is 2.88. The average Bonchev–Trinajstić information content (AvgIpc) is 2.14. The van der Waals surface area contributed by atoms with Gasteiger partial charge in [-0.3, -0.25) is 4.79 Å². The molecule has 3 nitrogen and oxygen atoms in total. The summed E-state index contributed by atoms with van der Waals surface area (Å²) in [6.45, 7) is 0. The Labute approximate surface area is 88.9 Å². The van der Waals surface area contributed by atoms with Gasteiger partial charge in [-0.05, 0) is 6.42 Å². The summed E-state index contributed by atoms with van der Waals surface area (Å²) in [4.78, 5) is 10.2. The van der Waals surface area contributed by atoms with Crippen molar-refractivity contribution < 1.29 is 23.8 Å². The Morgan fingerprint density at radius 1 is 1.47 bits per heavy atom. The van der Waals surface area contributed by atoms with Gasteiger partial charge in [-0.2, -0.15) is 0 Å². The quantitative estimate of drug-likeness (QED) is 0.792. The standard InChI is InChI=1S/C9H7ClF2O3/c10-8-6(13)3-5(11)4(9(8)12)1-2-7(14)15/h3,13H,1-2H2,(H,14,15). The van der Waals surface area contributed by atoms with Crippen LogP contribution in [-0.2, 0) is 11.2 Å². The van der Waals surface area contributed by atoms with Crippen LogP contribution in [0, 0.1) is 11.6 Å². The molecule has 0 aliphatic rings. The van der Waals surface area contributed by atoms with E-state index in [2.05, 4.69) is 0 Å². The number of rotatable bonds is 3. The van der Waals surface area contributed by atoms with Gasteiger partial charge in [0, 0.05) is 18.1 Å². The fourth-order valence-electron chi connectivity index (χ4n) is 1.08. The number of halogens is 3. The third-order valence-corrected chi connectivity index (χ3v) is 2.18. The van der Waals surface area contributed by atoms with Crippen LogP contribution < -0.4 is 0 Å². The number of phenolic OH excluding ortho intramolecular Hbond substituents is 1. The third kappa shape index (κ3) is 2.56. The molecule has 0 saturated carbocycles. The Bertz CT molecular complexity index is 407. The van der Waals surface area contributed by atoms with Gasteiger partial charge in [-0.1, -0.05) is 11.6 Å². The maximum atomic E-state index is 13.2. The number of aliphatic carboxylic acids is 1. The van der Waals surface area contributed by atoms with E-state index in [1.807, 2.05) is 0 Å². The van der Waals surface area contributed by atoms with E-state index >= 15 is 0 Å². The number of carbonyl (C=O) groups is 1. The zero-order valence-corrected chi connectivity index (χ0v) is 8.18. The van der Waals surface area contributed by atoms with Gasteiger partial charge in [-0.25, -0.2) is 8.78 Å². The summed E-state index contributed by atoms with van der Waals surface area (Å²) in [7, 11) is 0. The van der Waals surface area contributed by atoms with Crippen LogP contribution in [0.3, 0.4) is 0 Å². The Morgan fingerprint density at radius 2 is 2.07 bits per heavy atom. The zero-order chi connectivity index (χ0) is 11.6. The van der Waals surface area contributed by atoms with Crippen molar-refractivity contribution in [1.29, 1.82) is 0 Å². The van der Waals surface area contributed by atoms with Crippen molar-refractivity contribution in [3.8, 4) is 5.75 Å². The summed E-state index contributed by atoms with van der Waals surface area (Å²) in [5.41, 5.74) is -0.430. The average molecular weight is 237 g/mol. The van der Waals surface area contributed by atoms with Gasteiger partial charge < -0.3 is 10.2 Å². The molecule has 0 unspecified atom stereocenters. The molecule has 0 aliphatic heterocycles. The van der Waals surface area contributed by atoms with Crippen LogP contribution in [0.1, 0.15) is 12.0 Å². The van der Waals surface area contributed by atoms with Crippen molar-refractivity contribution in [2.24, 2.45) is 0 Å². The van der Waals surface area contributed by atoms with E-state index in [1.165, 1.54) is 0 Å². The smallest absolute Gasteiger partial charge is 0.303 e. The lowest BCUT2D eigenvalue weighted by Crippen LogP contribution is -2.02. The Hall–Kier alpha value is -1.36. The van der Waals surface area contributed by atoms with Gasteiger partial charge in [0.15, 0.2) is 5.82 Å². The molecule has 1 aromatic carbocycles. The zero-order valence-electron chi connectivity index (χ0n) is 7.43. The highest BCUT2D eigenvalue weighted by atomic mass is 35.5. The number of benzene rings is 1. The molecule has 1 aromatic rings. The summed E-state index contributed by atoms with van der Waals surface area (Å²) < 4.78 is 26.3. The van der Waals surface area contributed by atoms with Crippen LogP contribution >= 0.6 is 11.6 Å².